The molecule has 0 saturated carbocycles. The zero-order valence-corrected chi connectivity index (χ0v) is 16.5. The number of imide groups is 1. The van der Waals surface area contributed by atoms with Gasteiger partial charge in [-0.25, -0.2) is 4.79 Å². The topological polar surface area (TPSA) is 79.4 Å². The first-order chi connectivity index (χ1) is 12.1. The molecule has 0 aliphatic carbocycles. The molecule has 1 spiro atoms. The van der Waals surface area contributed by atoms with Crippen molar-refractivity contribution in [2.45, 2.75) is 39.2 Å². The molecule has 0 aromatic carbocycles. The summed E-state index contributed by atoms with van der Waals surface area (Å²) < 4.78 is 9.76. The van der Waals surface area contributed by atoms with Crippen LogP contribution in [0.4, 0.5) is 4.79 Å². The Bertz CT molecular complexity index is 550. The average molecular weight is 369 g/mol. The van der Waals surface area contributed by atoms with E-state index in [2.05, 4.69) is 30.4 Å². The highest BCUT2D eigenvalue weighted by molar-refractivity contribution is 6.08. The minimum absolute atomic E-state index is 0.173. The van der Waals surface area contributed by atoms with Gasteiger partial charge in [-0.2, -0.15) is 0 Å². The van der Waals surface area contributed by atoms with E-state index in [-0.39, 0.29) is 17.9 Å². The molecule has 0 atom stereocenters. The summed E-state index contributed by atoms with van der Waals surface area (Å²) in [5.74, 6) is -0.889. The summed E-state index contributed by atoms with van der Waals surface area (Å²) in [4.78, 5) is 42.5. The lowest BCUT2D eigenvalue weighted by atomic mass is 9.84. The predicted octanol–water partition coefficient (Wildman–Crippen LogP) is 0.951. The standard InChI is InChI=1S/C18H31N3O5/c1-17(2,3)13-19-8-6-18(7-9-19)15(23)20(12-14(22)26-5)16(24)21(18)10-11-25-4/h6-13H2,1-5H3. The van der Waals surface area contributed by atoms with Crippen LogP contribution in [0.15, 0.2) is 0 Å². The second-order valence-electron chi connectivity index (χ2n) is 8.26. The number of carbonyl (C=O) groups excluding carboxylic acids is 3. The van der Waals surface area contributed by atoms with Crippen LogP contribution in [-0.2, 0) is 19.1 Å². The average Bonchev–Trinajstić information content (AvgIpc) is 2.75. The maximum Gasteiger partial charge on any atom is 0.328 e. The van der Waals surface area contributed by atoms with Gasteiger partial charge in [0.05, 0.1) is 13.7 Å². The van der Waals surface area contributed by atoms with Crippen molar-refractivity contribution < 1.29 is 23.9 Å². The largest absolute Gasteiger partial charge is 0.468 e. The van der Waals surface area contributed by atoms with Gasteiger partial charge >= 0.3 is 12.0 Å². The second kappa shape index (κ2) is 7.92. The van der Waals surface area contributed by atoms with Crippen molar-refractivity contribution in [1.29, 1.82) is 0 Å². The molecule has 0 bridgehead atoms. The number of nitrogens with zero attached hydrogens (tertiary/aromatic N) is 3. The van der Waals surface area contributed by atoms with Gasteiger partial charge in [0.15, 0.2) is 0 Å². The van der Waals surface area contributed by atoms with Crippen molar-refractivity contribution in [3.05, 3.63) is 0 Å². The van der Waals surface area contributed by atoms with Crippen LogP contribution in [0, 0.1) is 5.41 Å². The van der Waals surface area contributed by atoms with Crippen molar-refractivity contribution in [2.24, 2.45) is 5.41 Å². The van der Waals surface area contributed by atoms with Gasteiger partial charge in [0.25, 0.3) is 5.91 Å². The van der Waals surface area contributed by atoms with Crippen LogP contribution in [0.3, 0.4) is 0 Å². The Kier molecular flexibility index (Phi) is 6.29. The van der Waals surface area contributed by atoms with Gasteiger partial charge in [-0.3, -0.25) is 14.5 Å². The fourth-order valence-corrected chi connectivity index (χ4v) is 3.84. The SMILES string of the molecule is COCCN1C(=O)N(CC(=O)OC)C(=O)C12CCN(CC(C)(C)C)CC2. The number of ether oxygens (including phenoxy) is 2. The van der Waals surface area contributed by atoms with Crippen molar-refractivity contribution in [2.75, 3.05) is 53.6 Å². The van der Waals surface area contributed by atoms with Crippen LogP contribution < -0.4 is 0 Å². The Morgan fingerprint density at radius 2 is 1.77 bits per heavy atom. The maximum absolute atomic E-state index is 13.1. The third-order valence-electron chi connectivity index (χ3n) is 5.04. The van der Waals surface area contributed by atoms with Crippen molar-refractivity contribution in [3.63, 3.8) is 0 Å². The Morgan fingerprint density at radius 3 is 2.27 bits per heavy atom. The van der Waals surface area contributed by atoms with E-state index in [0.29, 0.717) is 26.0 Å². The Hall–Kier alpha value is -1.67. The summed E-state index contributed by atoms with van der Waals surface area (Å²) in [7, 11) is 2.81. The summed E-state index contributed by atoms with van der Waals surface area (Å²) >= 11 is 0. The number of hydrogen-bond donors (Lipinski definition) is 0. The molecule has 0 N–H and O–H groups in total. The highest BCUT2D eigenvalue weighted by Gasteiger charge is 2.58. The third-order valence-corrected chi connectivity index (χ3v) is 5.04. The molecule has 2 saturated heterocycles. The van der Waals surface area contributed by atoms with Crippen molar-refractivity contribution in [1.82, 2.24) is 14.7 Å². The van der Waals surface area contributed by atoms with Gasteiger partial charge < -0.3 is 19.3 Å². The molecule has 8 nitrogen and oxygen atoms in total. The van der Waals surface area contributed by atoms with Crippen LogP contribution in [-0.4, -0.2) is 91.7 Å². The van der Waals surface area contributed by atoms with E-state index in [1.54, 1.807) is 12.0 Å². The van der Waals surface area contributed by atoms with Gasteiger partial charge in [0.1, 0.15) is 12.1 Å². The first-order valence-electron chi connectivity index (χ1n) is 9.06. The Labute approximate surface area is 155 Å². The van der Waals surface area contributed by atoms with Crippen LogP contribution in [0.1, 0.15) is 33.6 Å². The number of carbonyl (C=O) groups is 3. The fourth-order valence-electron chi connectivity index (χ4n) is 3.84. The predicted molar refractivity (Wildman–Crippen MR) is 95.6 cm³/mol. The molecule has 0 aromatic rings. The number of rotatable bonds is 6. The summed E-state index contributed by atoms with van der Waals surface area (Å²) in [6, 6.07) is -0.429. The third kappa shape index (κ3) is 4.17. The minimum Gasteiger partial charge on any atom is -0.468 e. The molecule has 26 heavy (non-hydrogen) atoms. The van der Waals surface area contributed by atoms with Gasteiger partial charge in [-0.1, -0.05) is 20.8 Å². The first-order valence-corrected chi connectivity index (χ1v) is 9.06. The number of urea groups is 1. The summed E-state index contributed by atoms with van der Waals surface area (Å²) in [6.07, 6.45) is 1.13. The molecule has 0 unspecified atom stereocenters. The molecule has 148 valence electrons. The van der Waals surface area contributed by atoms with Crippen LogP contribution >= 0.6 is 0 Å². The normalized spacial score (nSPS) is 21.0. The van der Waals surface area contributed by atoms with Crippen LogP contribution in [0.5, 0.6) is 0 Å². The van der Waals surface area contributed by atoms with E-state index in [1.165, 1.54) is 7.11 Å². The first kappa shape index (κ1) is 20.6. The molecular formula is C18H31N3O5. The van der Waals surface area contributed by atoms with Gasteiger partial charge in [-0.05, 0) is 18.3 Å². The molecule has 2 fully saturated rings. The van der Waals surface area contributed by atoms with Gasteiger partial charge in [0, 0.05) is 33.3 Å². The highest BCUT2D eigenvalue weighted by atomic mass is 16.5. The van der Waals surface area contributed by atoms with E-state index in [0.717, 1.165) is 24.5 Å². The second-order valence-corrected chi connectivity index (χ2v) is 8.26. The number of hydrogen-bond acceptors (Lipinski definition) is 6. The van der Waals surface area contributed by atoms with E-state index >= 15 is 0 Å². The lowest BCUT2D eigenvalue weighted by molar-refractivity contribution is -0.146. The number of esters is 1. The van der Waals surface area contributed by atoms with E-state index < -0.39 is 17.5 Å². The van der Waals surface area contributed by atoms with Crippen LogP contribution in [0.2, 0.25) is 0 Å². The van der Waals surface area contributed by atoms with E-state index in [1.807, 2.05) is 0 Å². The minimum atomic E-state index is -0.877. The molecule has 0 radical (unpaired) electrons. The Balaban J connectivity index is 2.19. The zero-order chi connectivity index (χ0) is 19.5. The number of methoxy groups -OCH3 is 2. The molecule has 3 amide bonds. The lowest BCUT2D eigenvalue weighted by Gasteiger charge is -2.43. The van der Waals surface area contributed by atoms with Crippen molar-refractivity contribution in [3.8, 4) is 0 Å². The summed E-state index contributed by atoms with van der Waals surface area (Å²) in [5.41, 5.74) is -0.704. The van der Waals surface area contributed by atoms with Crippen LogP contribution in [0.25, 0.3) is 0 Å². The number of likely N-dealkylation sites (tertiary alicyclic amines) is 1. The molecule has 2 heterocycles. The summed E-state index contributed by atoms with van der Waals surface area (Å²) in [5, 5.41) is 0. The molecule has 2 aliphatic rings. The van der Waals surface area contributed by atoms with Gasteiger partial charge in [-0.15, -0.1) is 0 Å². The maximum atomic E-state index is 13.1. The van der Waals surface area contributed by atoms with Gasteiger partial charge in [0.2, 0.25) is 0 Å². The number of piperidine rings is 1. The Morgan fingerprint density at radius 1 is 1.15 bits per heavy atom. The van der Waals surface area contributed by atoms with E-state index in [4.69, 9.17) is 4.74 Å². The molecule has 2 aliphatic heterocycles. The highest BCUT2D eigenvalue weighted by Crippen LogP contribution is 2.37. The summed E-state index contributed by atoms with van der Waals surface area (Å²) in [6.45, 7) is 9.31. The lowest BCUT2D eigenvalue weighted by Crippen LogP contribution is -2.57. The van der Waals surface area contributed by atoms with E-state index in [9.17, 15) is 14.4 Å². The molecule has 8 heteroatoms. The fraction of sp³-hybridized carbons (Fsp3) is 0.833. The zero-order valence-electron chi connectivity index (χ0n) is 16.5. The van der Waals surface area contributed by atoms with Crippen molar-refractivity contribution >= 4 is 17.9 Å². The number of amides is 3. The monoisotopic (exact) mass is 369 g/mol. The smallest absolute Gasteiger partial charge is 0.328 e. The molecule has 0 aromatic heterocycles. The molecule has 2 rings (SSSR count). The quantitative estimate of drug-likeness (QED) is 0.512. The molecular weight excluding hydrogens is 338 g/mol.